The van der Waals surface area contributed by atoms with E-state index in [1.165, 1.54) is 0 Å². The van der Waals surface area contributed by atoms with E-state index in [-0.39, 0.29) is 24.6 Å². The van der Waals surface area contributed by atoms with E-state index in [1.807, 2.05) is 6.92 Å². The Labute approximate surface area is 111 Å². The van der Waals surface area contributed by atoms with Crippen LogP contribution in [0.4, 0.5) is 17.1 Å². The Morgan fingerprint density at radius 2 is 1.89 bits per heavy atom. The third kappa shape index (κ3) is 3.55. The summed E-state index contributed by atoms with van der Waals surface area (Å²) in [6.07, 6.45) is 0. The van der Waals surface area contributed by atoms with Gasteiger partial charge in [-0.1, -0.05) is 6.07 Å². The number of nitrogens with one attached hydrogen (secondary N) is 2. The molecule has 0 fully saturated rings. The first-order valence-electron chi connectivity index (χ1n) is 5.98. The van der Waals surface area contributed by atoms with E-state index in [1.54, 1.807) is 25.1 Å². The molecule has 0 radical (unpaired) electrons. The number of aliphatic hydroxyl groups excluding tert-OH is 2. The molecule has 0 atom stereocenters. The number of nitrogens with zero attached hydrogens (tertiary/aromatic N) is 1. The lowest BCUT2D eigenvalue weighted by Crippen LogP contribution is -2.42. The van der Waals surface area contributed by atoms with Crippen LogP contribution in [0, 0.1) is 10.1 Å². The SMILES string of the molecule is CCNc1cccc(NC(C)(CO)CO)c1[N+](=O)[O-]. The number of hydrogen-bond donors (Lipinski definition) is 4. The Morgan fingerprint density at radius 1 is 1.32 bits per heavy atom. The summed E-state index contributed by atoms with van der Waals surface area (Å²) in [7, 11) is 0. The van der Waals surface area contributed by atoms with Gasteiger partial charge in [-0.3, -0.25) is 10.1 Å². The van der Waals surface area contributed by atoms with Gasteiger partial charge in [-0.15, -0.1) is 0 Å². The Hall–Kier alpha value is -1.86. The molecule has 0 spiro atoms. The van der Waals surface area contributed by atoms with Crippen LogP contribution in [0.15, 0.2) is 18.2 Å². The minimum Gasteiger partial charge on any atom is -0.394 e. The fourth-order valence-electron chi connectivity index (χ4n) is 1.63. The van der Waals surface area contributed by atoms with Crippen molar-refractivity contribution in [2.75, 3.05) is 30.4 Å². The van der Waals surface area contributed by atoms with Crippen molar-refractivity contribution in [3.63, 3.8) is 0 Å². The monoisotopic (exact) mass is 269 g/mol. The smallest absolute Gasteiger partial charge is 0.315 e. The van der Waals surface area contributed by atoms with Crippen molar-refractivity contribution in [3.8, 4) is 0 Å². The van der Waals surface area contributed by atoms with Crippen LogP contribution in [0.25, 0.3) is 0 Å². The Morgan fingerprint density at radius 3 is 2.37 bits per heavy atom. The number of aliphatic hydroxyl groups is 2. The van der Waals surface area contributed by atoms with Gasteiger partial charge in [0.25, 0.3) is 0 Å². The first-order valence-corrected chi connectivity index (χ1v) is 5.98. The fraction of sp³-hybridized carbons (Fsp3) is 0.500. The standard InChI is InChI=1S/C12H19N3O4/c1-3-13-9-5-4-6-10(11(9)15(18)19)14-12(2,7-16)8-17/h4-6,13-14,16-17H,3,7-8H2,1-2H3. The molecule has 1 rings (SSSR count). The predicted octanol–water partition coefficient (Wildman–Crippen LogP) is 1.18. The summed E-state index contributed by atoms with van der Waals surface area (Å²) in [5.41, 5.74) is -0.461. The molecule has 4 N–H and O–H groups in total. The molecular weight excluding hydrogens is 250 g/mol. The van der Waals surface area contributed by atoms with E-state index >= 15 is 0 Å². The van der Waals surface area contributed by atoms with Crippen molar-refractivity contribution in [1.29, 1.82) is 0 Å². The molecule has 7 heteroatoms. The highest BCUT2D eigenvalue weighted by Crippen LogP contribution is 2.34. The lowest BCUT2D eigenvalue weighted by Gasteiger charge is -2.27. The maximum atomic E-state index is 11.2. The van der Waals surface area contributed by atoms with Gasteiger partial charge in [0, 0.05) is 6.54 Å². The second kappa shape index (κ2) is 6.35. The van der Waals surface area contributed by atoms with Gasteiger partial charge in [0.05, 0.1) is 23.7 Å². The molecule has 0 aliphatic carbocycles. The number of nitro groups is 1. The zero-order valence-corrected chi connectivity index (χ0v) is 11.0. The quantitative estimate of drug-likeness (QED) is 0.437. The highest BCUT2D eigenvalue weighted by atomic mass is 16.6. The summed E-state index contributed by atoms with van der Waals surface area (Å²) in [4.78, 5) is 10.7. The van der Waals surface area contributed by atoms with Crippen LogP contribution < -0.4 is 10.6 Å². The van der Waals surface area contributed by atoms with Crippen LogP contribution in [-0.2, 0) is 0 Å². The van der Waals surface area contributed by atoms with Crippen molar-refractivity contribution < 1.29 is 15.1 Å². The summed E-state index contributed by atoms with van der Waals surface area (Å²) in [6.45, 7) is 3.30. The molecule has 0 aromatic heterocycles. The van der Waals surface area contributed by atoms with Gasteiger partial charge in [-0.2, -0.15) is 0 Å². The van der Waals surface area contributed by atoms with Crippen molar-refractivity contribution in [3.05, 3.63) is 28.3 Å². The maximum absolute atomic E-state index is 11.2. The summed E-state index contributed by atoms with van der Waals surface area (Å²) in [5, 5.41) is 35.4. The van der Waals surface area contributed by atoms with E-state index in [0.717, 1.165) is 0 Å². The molecule has 0 aliphatic rings. The first-order chi connectivity index (χ1) is 8.97. The normalized spacial score (nSPS) is 11.2. The van der Waals surface area contributed by atoms with Gasteiger partial charge >= 0.3 is 5.69 Å². The third-order valence-electron chi connectivity index (χ3n) is 2.72. The first kappa shape index (κ1) is 15.2. The van der Waals surface area contributed by atoms with Crippen LogP contribution in [0.5, 0.6) is 0 Å². The number of rotatable bonds is 7. The van der Waals surface area contributed by atoms with E-state index in [4.69, 9.17) is 0 Å². The Bertz CT molecular complexity index is 447. The molecule has 0 heterocycles. The fourth-order valence-corrected chi connectivity index (χ4v) is 1.63. The van der Waals surface area contributed by atoms with E-state index in [2.05, 4.69) is 10.6 Å². The molecule has 0 bridgehead atoms. The Kier molecular flexibility index (Phi) is 5.08. The largest absolute Gasteiger partial charge is 0.394 e. The number of nitro benzene ring substituents is 1. The molecule has 1 aromatic carbocycles. The molecule has 0 saturated heterocycles. The number of hydrogen-bond acceptors (Lipinski definition) is 6. The molecular formula is C12H19N3O4. The summed E-state index contributed by atoms with van der Waals surface area (Å²) >= 11 is 0. The van der Waals surface area contributed by atoms with Gasteiger partial charge in [0.2, 0.25) is 0 Å². The number of benzene rings is 1. The summed E-state index contributed by atoms with van der Waals surface area (Å²) in [6, 6.07) is 4.83. The van der Waals surface area contributed by atoms with Gasteiger partial charge in [0.1, 0.15) is 11.4 Å². The van der Waals surface area contributed by atoms with Crippen LogP contribution in [-0.4, -0.2) is 40.4 Å². The highest BCUT2D eigenvalue weighted by molar-refractivity contribution is 5.76. The molecule has 0 aliphatic heterocycles. The van der Waals surface area contributed by atoms with Crippen molar-refractivity contribution >= 4 is 17.1 Å². The van der Waals surface area contributed by atoms with Gasteiger partial charge in [0.15, 0.2) is 0 Å². The highest BCUT2D eigenvalue weighted by Gasteiger charge is 2.27. The topological polar surface area (TPSA) is 108 Å². The van der Waals surface area contributed by atoms with Gasteiger partial charge < -0.3 is 20.8 Å². The molecule has 1 aromatic rings. The zero-order chi connectivity index (χ0) is 14.5. The second-order valence-electron chi connectivity index (χ2n) is 4.49. The minimum absolute atomic E-state index is 0.0996. The third-order valence-corrected chi connectivity index (χ3v) is 2.72. The number of anilines is 2. The van der Waals surface area contributed by atoms with Crippen LogP contribution >= 0.6 is 0 Å². The molecule has 19 heavy (non-hydrogen) atoms. The molecule has 0 unspecified atom stereocenters. The molecule has 7 nitrogen and oxygen atoms in total. The van der Waals surface area contributed by atoms with E-state index in [9.17, 15) is 20.3 Å². The molecule has 0 saturated carbocycles. The van der Waals surface area contributed by atoms with E-state index < -0.39 is 10.5 Å². The predicted molar refractivity (Wildman–Crippen MR) is 73.5 cm³/mol. The maximum Gasteiger partial charge on any atom is 0.315 e. The van der Waals surface area contributed by atoms with E-state index in [0.29, 0.717) is 12.2 Å². The van der Waals surface area contributed by atoms with Crippen LogP contribution in [0.2, 0.25) is 0 Å². The van der Waals surface area contributed by atoms with Crippen molar-refractivity contribution in [2.45, 2.75) is 19.4 Å². The average Bonchev–Trinajstić information content (AvgIpc) is 2.39. The summed E-state index contributed by atoms with van der Waals surface area (Å²) < 4.78 is 0. The molecule has 0 amide bonds. The average molecular weight is 269 g/mol. The zero-order valence-electron chi connectivity index (χ0n) is 11.0. The Balaban J connectivity index is 3.20. The summed E-state index contributed by atoms with van der Waals surface area (Å²) in [5.74, 6) is 0. The van der Waals surface area contributed by atoms with Crippen molar-refractivity contribution in [2.24, 2.45) is 0 Å². The minimum atomic E-state index is -1.02. The van der Waals surface area contributed by atoms with Gasteiger partial charge in [-0.25, -0.2) is 0 Å². The number of para-hydroxylation sites is 1. The van der Waals surface area contributed by atoms with Crippen LogP contribution in [0.1, 0.15) is 13.8 Å². The lowest BCUT2D eigenvalue weighted by molar-refractivity contribution is -0.383. The second-order valence-corrected chi connectivity index (χ2v) is 4.49. The molecule has 106 valence electrons. The lowest BCUT2D eigenvalue weighted by atomic mass is 10.0. The van der Waals surface area contributed by atoms with Crippen molar-refractivity contribution in [1.82, 2.24) is 0 Å². The van der Waals surface area contributed by atoms with Gasteiger partial charge in [-0.05, 0) is 26.0 Å². The van der Waals surface area contributed by atoms with Crippen LogP contribution in [0.3, 0.4) is 0 Å².